The van der Waals surface area contributed by atoms with Crippen molar-refractivity contribution in [3.8, 4) is 17.0 Å². The highest BCUT2D eigenvalue weighted by Crippen LogP contribution is 2.28. The summed E-state index contributed by atoms with van der Waals surface area (Å²) >= 11 is 0. The monoisotopic (exact) mass is 418 g/mol. The molecule has 30 heavy (non-hydrogen) atoms. The maximum absolute atomic E-state index is 12.6. The number of ether oxygens (including phenoxy) is 1. The molecule has 0 amide bonds. The zero-order valence-corrected chi connectivity index (χ0v) is 16.0. The van der Waals surface area contributed by atoms with Gasteiger partial charge in [0.2, 0.25) is 5.95 Å². The van der Waals surface area contributed by atoms with Crippen LogP contribution in [0.5, 0.6) is 5.75 Å². The molecule has 6 nitrogen and oxygen atoms in total. The van der Waals surface area contributed by atoms with E-state index < -0.39 is 6.36 Å². The zero-order valence-electron chi connectivity index (χ0n) is 16.0. The smallest absolute Gasteiger partial charge is 0.406 e. The zero-order chi connectivity index (χ0) is 21.4. The summed E-state index contributed by atoms with van der Waals surface area (Å²) in [5, 5.41) is 15.2. The molecule has 0 saturated carbocycles. The molecule has 3 aromatic rings. The minimum atomic E-state index is -4.77. The molecule has 0 bridgehead atoms. The number of halogens is 3. The molecule has 0 aliphatic rings. The summed E-state index contributed by atoms with van der Waals surface area (Å²) in [4.78, 5) is 8.79. The van der Waals surface area contributed by atoms with E-state index in [1.165, 1.54) is 18.2 Å². The second kappa shape index (κ2) is 9.93. The maximum atomic E-state index is 12.6. The van der Waals surface area contributed by atoms with Crippen LogP contribution < -0.4 is 15.4 Å². The number of hydrogen-bond acceptors (Lipinski definition) is 6. The van der Waals surface area contributed by atoms with Gasteiger partial charge >= 0.3 is 6.36 Å². The second-order valence-corrected chi connectivity index (χ2v) is 6.38. The van der Waals surface area contributed by atoms with E-state index in [0.29, 0.717) is 42.5 Å². The van der Waals surface area contributed by atoms with Crippen molar-refractivity contribution in [3.63, 3.8) is 0 Å². The van der Waals surface area contributed by atoms with Gasteiger partial charge in [-0.2, -0.15) is 4.98 Å². The fourth-order valence-corrected chi connectivity index (χ4v) is 2.69. The first-order valence-corrected chi connectivity index (χ1v) is 9.31. The second-order valence-electron chi connectivity index (χ2n) is 6.38. The molecule has 1 heterocycles. The summed E-state index contributed by atoms with van der Waals surface area (Å²) in [5.41, 5.74) is 1.93. The van der Waals surface area contributed by atoms with Crippen LogP contribution in [0.15, 0.2) is 60.7 Å². The van der Waals surface area contributed by atoms with Crippen molar-refractivity contribution in [2.75, 3.05) is 23.8 Å². The van der Waals surface area contributed by atoms with Crippen LogP contribution in [-0.2, 0) is 6.54 Å². The number of benzene rings is 2. The molecule has 0 fully saturated rings. The lowest BCUT2D eigenvalue weighted by molar-refractivity contribution is -0.274. The fourth-order valence-electron chi connectivity index (χ4n) is 2.69. The number of nitrogens with one attached hydrogen (secondary N) is 2. The lowest BCUT2D eigenvalue weighted by Gasteiger charge is -2.13. The Labute approximate surface area is 171 Å². The Morgan fingerprint density at radius 2 is 1.73 bits per heavy atom. The largest absolute Gasteiger partial charge is 0.573 e. The summed E-state index contributed by atoms with van der Waals surface area (Å²) in [6.45, 7) is 0.989. The predicted octanol–water partition coefficient (Wildman–Crippen LogP) is 4.45. The first-order valence-electron chi connectivity index (χ1n) is 9.31. The summed E-state index contributed by atoms with van der Waals surface area (Å²) in [6.07, 6.45) is -4.26. The normalized spacial score (nSPS) is 11.2. The summed E-state index contributed by atoms with van der Waals surface area (Å²) in [5.74, 6) is 0.489. The van der Waals surface area contributed by atoms with Crippen molar-refractivity contribution in [2.45, 2.75) is 19.3 Å². The van der Waals surface area contributed by atoms with Gasteiger partial charge in [0, 0.05) is 31.3 Å². The van der Waals surface area contributed by atoms with Crippen molar-refractivity contribution in [2.24, 2.45) is 0 Å². The summed E-state index contributed by atoms with van der Waals surface area (Å²) in [6, 6.07) is 17.0. The molecule has 0 saturated heterocycles. The lowest BCUT2D eigenvalue weighted by atomic mass is 10.1. The first-order chi connectivity index (χ1) is 14.4. The van der Waals surface area contributed by atoms with Crippen molar-refractivity contribution in [3.05, 3.63) is 66.2 Å². The van der Waals surface area contributed by atoms with Crippen LogP contribution in [0.25, 0.3) is 11.3 Å². The number of aliphatic hydroxyl groups excluding tert-OH is 1. The van der Waals surface area contributed by atoms with Gasteiger partial charge < -0.3 is 20.5 Å². The highest BCUT2D eigenvalue weighted by molar-refractivity contribution is 5.66. The highest BCUT2D eigenvalue weighted by Gasteiger charge is 2.31. The number of rotatable bonds is 9. The maximum Gasteiger partial charge on any atom is 0.573 e. The third kappa shape index (κ3) is 6.63. The number of hydrogen-bond donors (Lipinski definition) is 3. The van der Waals surface area contributed by atoms with E-state index in [1.54, 1.807) is 12.1 Å². The van der Waals surface area contributed by atoms with E-state index in [4.69, 9.17) is 5.11 Å². The molecule has 0 spiro atoms. The summed E-state index contributed by atoms with van der Waals surface area (Å²) in [7, 11) is 0. The van der Waals surface area contributed by atoms with Crippen LogP contribution in [0.1, 0.15) is 12.0 Å². The Balaban J connectivity index is 1.86. The Kier molecular flexibility index (Phi) is 7.08. The molecule has 0 radical (unpaired) electrons. The average Bonchev–Trinajstić information content (AvgIpc) is 2.72. The van der Waals surface area contributed by atoms with E-state index >= 15 is 0 Å². The number of aliphatic hydroxyl groups is 1. The van der Waals surface area contributed by atoms with Crippen LogP contribution in [0.4, 0.5) is 24.9 Å². The van der Waals surface area contributed by atoms with Crippen LogP contribution in [0.3, 0.4) is 0 Å². The quantitative estimate of drug-likeness (QED) is 0.446. The minimum absolute atomic E-state index is 0.0165. The Hall–Kier alpha value is -3.33. The van der Waals surface area contributed by atoms with Gasteiger partial charge in [-0.05, 0) is 24.1 Å². The van der Waals surface area contributed by atoms with Crippen molar-refractivity contribution < 1.29 is 23.0 Å². The standard InChI is InChI=1S/C21H21F3N4O2/c22-21(23,24)30-17-9-4-8-16(12-17)18-13-19(26-14-15-6-2-1-3-7-15)28-20(27-18)25-10-5-11-29/h1-4,6-9,12-13,29H,5,10-11,14H2,(H2,25,26,27,28). The van der Waals surface area contributed by atoms with Gasteiger partial charge in [0.15, 0.2) is 0 Å². The van der Waals surface area contributed by atoms with Crippen LogP contribution in [0.2, 0.25) is 0 Å². The van der Waals surface area contributed by atoms with Crippen LogP contribution >= 0.6 is 0 Å². The summed E-state index contributed by atoms with van der Waals surface area (Å²) < 4.78 is 41.7. The highest BCUT2D eigenvalue weighted by atomic mass is 19.4. The molecule has 3 N–H and O–H groups in total. The molecule has 158 valence electrons. The van der Waals surface area contributed by atoms with Crippen molar-refractivity contribution >= 4 is 11.8 Å². The number of nitrogens with zero attached hydrogens (tertiary/aromatic N) is 2. The third-order valence-electron chi connectivity index (χ3n) is 4.02. The molecule has 1 aromatic heterocycles. The first kappa shape index (κ1) is 21.4. The van der Waals surface area contributed by atoms with Gasteiger partial charge in [0.25, 0.3) is 0 Å². The van der Waals surface area contributed by atoms with Crippen molar-refractivity contribution in [1.29, 1.82) is 0 Å². The molecular formula is C21H21F3N4O2. The molecule has 0 unspecified atom stereocenters. The van der Waals surface area contributed by atoms with Gasteiger partial charge in [-0.25, -0.2) is 4.98 Å². The lowest BCUT2D eigenvalue weighted by Crippen LogP contribution is -2.17. The Bertz CT molecular complexity index is 952. The molecular weight excluding hydrogens is 397 g/mol. The molecule has 3 rings (SSSR count). The van der Waals surface area contributed by atoms with Gasteiger partial charge in [0.1, 0.15) is 11.6 Å². The SMILES string of the molecule is OCCCNc1nc(NCc2ccccc2)cc(-c2cccc(OC(F)(F)F)c2)n1. The molecule has 0 aliphatic heterocycles. The molecule has 0 aliphatic carbocycles. The Morgan fingerprint density at radius 1 is 0.933 bits per heavy atom. The van der Waals surface area contributed by atoms with E-state index in [2.05, 4.69) is 25.3 Å². The van der Waals surface area contributed by atoms with Crippen LogP contribution in [0, 0.1) is 0 Å². The molecule has 0 atom stereocenters. The minimum Gasteiger partial charge on any atom is -0.406 e. The van der Waals surface area contributed by atoms with Gasteiger partial charge in [-0.15, -0.1) is 13.2 Å². The fraction of sp³-hybridized carbons (Fsp3) is 0.238. The van der Waals surface area contributed by atoms with E-state index in [9.17, 15) is 13.2 Å². The van der Waals surface area contributed by atoms with E-state index in [-0.39, 0.29) is 12.4 Å². The predicted molar refractivity (Wildman–Crippen MR) is 108 cm³/mol. The molecule has 2 aromatic carbocycles. The van der Waals surface area contributed by atoms with Gasteiger partial charge in [-0.1, -0.05) is 42.5 Å². The van der Waals surface area contributed by atoms with Gasteiger partial charge in [-0.3, -0.25) is 0 Å². The van der Waals surface area contributed by atoms with E-state index in [0.717, 1.165) is 5.56 Å². The third-order valence-corrected chi connectivity index (χ3v) is 4.02. The molecule has 9 heteroatoms. The Morgan fingerprint density at radius 3 is 2.47 bits per heavy atom. The topological polar surface area (TPSA) is 79.3 Å². The average molecular weight is 418 g/mol. The van der Waals surface area contributed by atoms with Crippen molar-refractivity contribution in [1.82, 2.24) is 9.97 Å². The number of aromatic nitrogens is 2. The van der Waals surface area contributed by atoms with Gasteiger partial charge in [0.05, 0.1) is 5.69 Å². The number of anilines is 2. The van der Waals surface area contributed by atoms with E-state index in [1.807, 2.05) is 30.3 Å². The van der Waals surface area contributed by atoms with Crippen LogP contribution in [-0.4, -0.2) is 34.6 Å². The number of alkyl halides is 3.